The largest absolute Gasteiger partial charge is 0.376 e. The summed E-state index contributed by atoms with van der Waals surface area (Å²) in [6.45, 7) is 8.86. The molecular weight excluding hydrogens is 180 g/mol. The summed E-state index contributed by atoms with van der Waals surface area (Å²) >= 11 is 0. The maximum Gasteiger partial charge on any atom is 0.0936 e. The SMILES string of the molecule is CC1CNCCN1CC1COCCO1. The second-order valence-corrected chi connectivity index (χ2v) is 4.12. The Morgan fingerprint density at radius 2 is 2.36 bits per heavy atom. The van der Waals surface area contributed by atoms with Gasteiger partial charge in [-0.1, -0.05) is 0 Å². The van der Waals surface area contributed by atoms with Gasteiger partial charge in [0.05, 0.1) is 25.9 Å². The number of nitrogens with zero attached hydrogens (tertiary/aromatic N) is 1. The first-order chi connectivity index (χ1) is 6.86. The van der Waals surface area contributed by atoms with Crippen molar-refractivity contribution in [2.24, 2.45) is 0 Å². The van der Waals surface area contributed by atoms with E-state index in [-0.39, 0.29) is 6.10 Å². The molecular formula is C10H20N2O2. The lowest BCUT2D eigenvalue weighted by Gasteiger charge is -2.37. The summed E-state index contributed by atoms with van der Waals surface area (Å²) in [5, 5.41) is 3.39. The molecule has 2 aliphatic heterocycles. The van der Waals surface area contributed by atoms with Gasteiger partial charge in [-0.15, -0.1) is 0 Å². The quantitative estimate of drug-likeness (QED) is 0.663. The summed E-state index contributed by atoms with van der Waals surface area (Å²) in [5.74, 6) is 0. The first-order valence-electron chi connectivity index (χ1n) is 5.50. The van der Waals surface area contributed by atoms with E-state index < -0.39 is 0 Å². The van der Waals surface area contributed by atoms with Gasteiger partial charge >= 0.3 is 0 Å². The van der Waals surface area contributed by atoms with Crippen LogP contribution in [-0.2, 0) is 9.47 Å². The average Bonchev–Trinajstić information content (AvgIpc) is 2.23. The summed E-state index contributed by atoms with van der Waals surface area (Å²) in [6.07, 6.45) is 0.282. The smallest absolute Gasteiger partial charge is 0.0936 e. The van der Waals surface area contributed by atoms with E-state index in [1.54, 1.807) is 0 Å². The van der Waals surface area contributed by atoms with Gasteiger partial charge in [0.25, 0.3) is 0 Å². The molecule has 4 heteroatoms. The van der Waals surface area contributed by atoms with Gasteiger partial charge in [-0.05, 0) is 6.92 Å². The molecule has 14 heavy (non-hydrogen) atoms. The molecule has 2 fully saturated rings. The van der Waals surface area contributed by atoms with Crippen molar-refractivity contribution < 1.29 is 9.47 Å². The highest BCUT2D eigenvalue weighted by Crippen LogP contribution is 2.08. The molecule has 2 atom stereocenters. The molecule has 0 amide bonds. The maximum absolute atomic E-state index is 5.64. The number of hydrogen-bond acceptors (Lipinski definition) is 4. The first-order valence-corrected chi connectivity index (χ1v) is 5.50. The molecule has 0 bridgehead atoms. The van der Waals surface area contributed by atoms with Gasteiger partial charge in [-0.2, -0.15) is 0 Å². The molecule has 82 valence electrons. The lowest BCUT2D eigenvalue weighted by atomic mass is 10.2. The lowest BCUT2D eigenvalue weighted by molar-refractivity contribution is -0.101. The summed E-state index contributed by atoms with van der Waals surface area (Å²) in [4.78, 5) is 2.48. The van der Waals surface area contributed by atoms with Crippen LogP contribution in [0.15, 0.2) is 0 Å². The van der Waals surface area contributed by atoms with Crippen LogP contribution in [0, 0.1) is 0 Å². The fourth-order valence-corrected chi connectivity index (χ4v) is 2.06. The van der Waals surface area contributed by atoms with Crippen LogP contribution in [0.3, 0.4) is 0 Å². The molecule has 0 spiro atoms. The predicted octanol–water partition coefficient (Wildman–Crippen LogP) is -0.304. The monoisotopic (exact) mass is 200 g/mol. The van der Waals surface area contributed by atoms with Crippen molar-refractivity contribution in [3.63, 3.8) is 0 Å². The minimum atomic E-state index is 0.282. The van der Waals surface area contributed by atoms with Crippen LogP contribution in [0.1, 0.15) is 6.92 Å². The van der Waals surface area contributed by atoms with Gasteiger partial charge in [-0.25, -0.2) is 0 Å². The van der Waals surface area contributed by atoms with E-state index in [1.165, 1.54) is 0 Å². The molecule has 2 unspecified atom stereocenters. The zero-order chi connectivity index (χ0) is 9.80. The number of nitrogens with one attached hydrogen (secondary N) is 1. The Kier molecular flexibility index (Phi) is 3.75. The van der Waals surface area contributed by atoms with Crippen molar-refractivity contribution in [3.8, 4) is 0 Å². The van der Waals surface area contributed by atoms with E-state index in [4.69, 9.17) is 9.47 Å². The van der Waals surface area contributed by atoms with E-state index in [0.717, 1.165) is 46.0 Å². The predicted molar refractivity (Wildman–Crippen MR) is 54.5 cm³/mol. The molecule has 0 aromatic carbocycles. The van der Waals surface area contributed by atoms with Gasteiger partial charge < -0.3 is 14.8 Å². The summed E-state index contributed by atoms with van der Waals surface area (Å²) < 4.78 is 11.0. The Morgan fingerprint density at radius 3 is 3.07 bits per heavy atom. The lowest BCUT2D eigenvalue weighted by Crippen LogP contribution is -2.53. The zero-order valence-electron chi connectivity index (χ0n) is 8.87. The third-order valence-corrected chi connectivity index (χ3v) is 2.96. The number of piperazine rings is 1. The van der Waals surface area contributed by atoms with Crippen molar-refractivity contribution in [2.75, 3.05) is 46.0 Å². The number of hydrogen-bond donors (Lipinski definition) is 1. The number of rotatable bonds is 2. The van der Waals surface area contributed by atoms with E-state index in [9.17, 15) is 0 Å². The second-order valence-electron chi connectivity index (χ2n) is 4.12. The third kappa shape index (κ3) is 2.67. The molecule has 2 heterocycles. The molecule has 0 aliphatic carbocycles. The fraction of sp³-hybridized carbons (Fsp3) is 1.00. The Hall–Kier alpha value is -0.160. The van der Waals surface area contributed by atoms with E-state index in [2.05, 4.69) is 17.1 Å². The van der Waals surface area contributed by atoms with Crippen LogP contribution in [0.5, 0.6) is 0 Å². The van der Waals surface area contributed by atoms with Crippen LogP contribution >= 0.6 is 0 Å². The van der Waals surface area contributed by atoms with Gasteiger partial charge in [0.15, 0.2) is 0 Å². The Labute approximate surface area is 85.5 Å². The van der Waals surface area contributed by atoms with Crippen LogP contribution in [0.2, 0.25) is 0 Å². The van der Waals surface area contributed by atoms with E-state index in [0.29, 0.717) is 6.04 Å². The van der Waals surface area contributed by atoms with Crippen molar-refractivity contribution in [3.05, 3.63) is 0 Å². The molecule has 4 nitrogen and oxygen atoms in total. The number of ether oxygens (including phenoxy) is 2. The molecule has 0 aromatic rings. The Balaban J connectivity index is 1.76. The maximum atomic E-state index is 5.64. The highest BCUT2D eigenvalue weighted by atomic mass is 16.6. The molecule has 0 radical (unpaired) electrons. The molecule has 2 saturated heterocycles. The highest BCUT2D eigenvalue weighted by Gasteiger charge is 2.23. The van der Waals surface area contributed by atoms with Crippen molar-refractivity contribution in [1.82, 2.24) is 10.2 Å². The van der Waals surface area contributed by atoms with Gasteiger partial charge in [-0.3, -0.25) is 4.90 Å². The molecule has 0 saturated carbocycles. The summed E-state index contributed by atoms with van der Waals surface area (Å²) in [6, 6.07) is 0.620. The standard InChI is InChI=1S/C10H20N2O2/c1-9-6-11-2-3-12(9)7-10-8-13-4-5-14-10/h9-11H,2-8H2,1H3. The fourth-order valence-electron chi connectivity index (χ4n) is 2.06. The highest BCUT2D eigenvalue weighted by molar-refractivity contribution is 4.79. The first kappa shape index (κ1) is 10.4. The Bertz CT molecular complexity index is 172. The zero-order valence-corrected chi connectivity index (χ0v) is 8.87. The van der Waals surface area contributed by atoms with Crippen molar-refractivity contribution >= 4 is 0 Å². The minimum Gasteiger partial charge on any atom is -0.376 e. The summed E-state index contributed by atoms with van der Waals surface area (Å²) in [5.41, 5.74) is 0. The van der Waals surface area contributed by atoms with Crippen LogP contribution < -0.4 is 5.32 Å². The normalized spacial score (nSPS) is 35.8. The van der Waals surface area contributed by atoms with E-state index in [1.807, 2.05) is 0 Å². The third-order valence-electron chi connectivity index (χ3n) is 2.96. The van der Waals surface area contributed by atoms with Crippen LogP contribution in [0.25, 0.3) is 0 Å². The molecule has 1 N–H and O–H groups in total. The van der Waals surface area contributed by atoms with Crippen LogP contribution in [-0.4, -0.2) is 63.0 Å². The molecule has 0 aromatic heterocycles. The average molecular weight is 200 g/mol. The second kappa shape index (κ2) is 5.07. The Morgan fingerprint density at radius 1 is 1.43 bits per heavy atom. The van der Waals surface area contributed by atoms with Gasteiger partial charge in [0.2, 0.25) is 0 Å². The molecule has 2 rings (SSSR count). The van der Waals surface area contributed by atoms with Gasteiger partial charge in [0, 0.05) is 32.2 Å². The topological polar surface area (TPSA) is 33.7 Å². The van der Waals surface area contributed by atoms with Crippen molar-refractivity contribution in [2.45, 2.75) is 19.1 Å². The summed E-state index contributed by atoms with van der Waals surface area (Å²) in [7, 11) is 0. The van der Waals surface area contributed by atoms with E-state index >= 15 is 0 Å². The van der Waals surface area contributed by atoms with Gasteiger partial charge in [0.1, 0.15) is 0 Å². The van der Waals surface area contributed by atoms with Crippen molar-refractivity contribution in [1.29, 1.82) is 0 Å². The molecule has 2 aliphatic rings. The van der Waals surface area contributed by atoms with Crippen LogP contribution in [0.4, 0.5) is 0 Å². The minimum absolute atomic E-state index is 0.282.